The largest absolute Gasteiger partial charge is 0.465 e. The lowest BCUT2D eigenvalue weighted by Gasteiger charge is -2.19. The fraction of sp³-hybridized carbons (Fsp3) is 0.294. The summed E-state index contributed by atoms with van der Waals surface area (Å²) < 4.78 is 34.7. The van der Waals surface area contributed by atoms with Gasteiger partial charge in [-0.05, 0) is 42.8 Å². The van der Waals surface area contributed by atoms with Gasteiger partial charge in [0.15, 0.2) is 0 Å². The fourth-order valence-corrected chi connectivity index (χ4v) is 5.95. The maximum absolute atomic E-state index is 12.8. The molecule has 0 aliphatic carbocycles. The predicted molar refractivity (Wildman–Crippen MR) is 105 cm³/mol. The van der Waals surface area contributed by atoms with Crippen LogP contribution in [-0.2, 0) is 14.8 Å². The molecule has 3 aromatic heterocycles. The second-order valence-corrected chi connectivity index (χ2v) is 9.49. The molecule has 0 bridgehead atoms. The van der Waals surface area contributed by atoms with Crippen molar-refractivity contribution in [3.05, 3.63) is 56.2 Å². The summed E-state index contributed by atoms with van der Waals surface area (Å²) in [7, 11) is -2.66. The number of nitrogens with zero attached hydrogens (tertiary/aromatic N) is 2. The lowest BCUT2D eigenvalue weighted by atomic mass is 10.2. The zero-order valence-electron chi connectivity index (χ0n) is 15.0. The number of ether oxygens (including phenoxy) is 1. The number of hydrogen-bond donors (Lipinski definition) is 1. The average Bonchev–Trinajstić information content (AvgIpc) is 3.36. The molecule has 0 aliphatic heterocycles. The first-order chi connectivity index (χ1) is 12.8. The van der Waals surface area contributed by atoms with Gasteiger partial charge in [-0.15, -0.1) is 22.7 Å². The van der Waals surface area contributed by atoms with Crippen LogP contribution in [0.2, 0.25) is 0 Å². The van der Waals surface area contributed by atoms with Gasteiger partial charge < -0.3 is 4.74 Å². The van der Waals surface area contributed by atoms with Crippen LogP contribution >= 0.6 is 22.7 Å². The highest BCUT2D eigenvalue weighted by Gasteiger charge is 2.27. The molecule has 0 aromatic carbocycles. The number of hydrogen-bond acceptors (Lipinski definition) is 7. The van der Waals surface area contributed by atoms with E-state index in [1.807, 2.05) is 42.1 Å². The summed E-state index contributed by atoms with van der Waals surface area (Å²) in [6.45, 7) is 3.94. The summed E-state index contributed by atoms with van der Waals surface area (Å²) >= 11 is 2.57. The Labute approximate surface area is 165 Å². The summed E-state index contributed by atoms with van der Waals surface area (Å²) in [5.41, 5.74) is 1.80. The van der Waals surface area contributed by atoms with Gasteiger partial charge in [-0.25, -0.2) is 17.9 Å². The lowest BCUT2D eigenvalue weighted by molar-refractivity contribution is 0.0602. The SMILES string of the molecule is COC(=O)c1sccc1S(=O)(=O)NCC(c1cccs1)n1nc(C)cc1C. The Bertz CT molecular complexity index is 1040. The van der Waals surface area contributed by atoms with Crippen LogP contribution in [0.5, 0.6) is 0 Å². The molecule has 1 N–H and O–H groups in total. The van der Waals surface area contributed by atoms with Crippen molar-refractivity contribution >= 4 is 38.7 Å². The van der Waals surface area contributed by atoms with E-state index >= 15 is 0 Å². The second-order valence-electron chi connectivity index (χ2n) is 5.86. The molecule has 7 nitrogen and oxygen atoms in total. The van der Waals surface area contributed by atoms with Crippen molar-refractivity contribution in [3.63, 3.8) is 0 Å². The molecule has 0 saturated heterocycles. The van der Waals surface area contributed by atoms with E-state index in [4.69, 9.17) is 0 Å². The van der Waals surface area contributed by atoms with E-state index in [1.165, 1.54) is 24.5 Å². The molecule has 144 valence electrons. The first kappa shape index (κ1) is 19.7. The maximum atomic E-state index is 12.8. The predicted octanol–water partition coefficient (Wildman–Crippen LogP) is 2.98. The summed E-state index contributed by atoms with van der Waals surface area (Å²) in [5.74, 6) is -0.668. The van der Waals surface area contributed by atoms with Gasteiger partial charge in [0, 0.05) is 17.1 Å². The van der Waals surface area contributed by atoms with Gasteiger partial charge in [0.25, 0.3) is 0 Å². The number of carbonyl (C=O) groups excluding carboxylic acids is 1. The zero-order chi connectivity index (χ0) is 19.6. The van der Waals surface area contributed by atoms with E-state index < -0.39 is 16.0 Å². The van der Waals surface area contributed by atoms with E-state index in [0.717, 1.165) is 27.6 Å². The van der Waals surface area contributed by atoms with E-state index in [0.29, 0.717) is 0 Å². The number of methoxy groups -OCH3 is 1. The highest BCUT2D eigenvalue weighted by molar-refractivity contribution is 7.89. The molecule has 3 heterocycles. The fourth-order valence-electron chi connectivity index (χ4n) is 2.77. The molecule has 3 aromatic rings. The summed E-state index contributed by atoms with van der Waals surface area (Å²) in [6, 6.07) is 6.94. The van der Waals surface area contributed by atoms with Gasteiger partial charge in [-0.2, -0.15) is 5.10 Å². The Morgan fingerprint density at radius 3 is 2.67 bits per heavy atom. The van der Waals surface area contributed by atoms with E-state index in [-0.39, 0.29) is 22.4 Å². The van der Waals surface area contributed by atoms with Crippen molar-refractivity contribution in [1.29, 1.82) is 0 Å². The Kier molecular flexibility index (Phi) is 5.80. The number of carbonyl (C=O) groups is 1. The monoisotopic (exact) mass is 425 g/mol. The maximum Gasteiger partial charge on any atom is 0.349 e. The van der Waals surface area contributed by atoms with Crippen LogP contribution in [0.3, 0.4) is 0 Å². The zero-order valence-corrected chi connectivity index (χ0v) is 17.5. The Balaban J connectivity index is 1.89. The van der Waals surface area contributed by atoms with E-state index in [1.54, 1.807) is 5.38 Å². The third-order valence-corrected chi connectivity index (χ3v) is 7.43. The first-order valence-corrected chi connectivity index (χ1v) is 11.3. The summed E-state index contributed by atoms with van der Waals surface area (Å²) in [4.78, 5) is 12.8. The summed E-state index contributed by atoms with van der Waals surface area (Å²) in [6.07, 6.45) is 0. The van der Waals surface area contributed by atoms with E-state index in [9.17, 15) is 13.2 Å². The number of thiophene rings is 2. The molecule has 0 amide bonds. The van der Waals surface area contributed by atoms with Crippen molar-refractivity contribution in [2.45, 2.75) is 24.8 Å². The third kappa shape index (κ3) is 4.13. The standard InChI is InChI=1S/C17H19N3O4S3/c1-11-9-12(2)20(19-11)13(14-5-4-7-25-14)10-18-27(22,23)15-6-8-26-16(15)17(21)24-3/h4-9,13,18H,10H2,1-3H3. The lowest BCUT2D eigenvalue weighted by Crippen LogP contribution is -2.32. The molecule has 0 spiro atoms. The minimum Gasteiger partial charge on any atom is -0.465 e. The third-order valence-electron chi connectivity index (χ3n) is 3.97. The Morgan fingerprint density at radius 2 is 2.07 bits per heavy atom. The quantitative estimate of drug-likeness (QED) is 0.588. The van der Waals surface area contributed by atoms with Crippen LogP contribution in [0, 0.1) is 13.8 Å². The highest BCUT2D eigenvalue weighted by atomic mass is 32.2. The molecule has 3 rings (SSSR count). The molecule has 0 fully saturated rings. The van der Waals surface area contributed by atoms with Crippen molar-refractivity contribution < 1.29 is 17.9 Å². The average molecular weight is 426 g/mol. The van der Waals surface area contributed by atoms with E-state index in [2.05, 4.69) is 14.6 Å². The van der Waals surface area contributed by atoms with Crippen LogP contribution in [0.1, 0.15) is 32.0 Å². The van der Waals surface area contributed by atoms with Crippen molar-refractivity contribution in [2.24, 2.45) is 0 Å². The van der Waals surface area contributed by atoms with Gasteiger partial charge in [-0.1, -0.05) is 6.07 Å². The minimum atomic E-state index is -3.88. The number of rotatable bonds is 7. The number of sulfonamides is 1. The highest BCUT2D eigenvalue weighted by Crippen LogP contribution is 2.26. The van der Waals surface area contributed by atoms with Gasteiger partial charge in [0.1, 0.15) is 9.77 Å². The molecule has 0 saturated carbocycles. The van der Waals surface area contributed by atoms with Crippen LogP contribution in [0.15, 0.2) is 39.9 Å². The van der Waals surface area contributed by atoms with Crippen LogP contribution < -0.4 is 4.72 Å². The van der Waals surface area contributed by atoms with Crippen molar-refractivity contribution in [2.75, 3.05) is 13.7 Å². The molecule has 1 atom stereocenters. The Morgan fingerprint density at radius 1 is 1.30 bits per heavy atom. The van der Waals surface area contributed by atoms with Gasteiger partial charge in [0.2, 0.25) is 10.0 Å². The van der Waals surface area contributed by atoms with Gasteiger partial charge >= 0.3 is 5.97 Å². The molecule has 0 radical (unpaired) electrons. The topological polar surface area (TPSA) is 90.3 Å². The van der Waals surface area contributed by atoms with Gasteiger partial charge in [-0.3, -0.25) is 4.68 Å². The molecule has 27 heavy (non-hydrogen) atoms. The summed E-state index contributed by atoms with van der Waals surface area (Å²) in [5, 5.41) is 8.00. The van der Waals surface area contributed by atoms with Crippen molar-refractivity contribution in [3.8, 4) is 0 Å². The molecular formula is C17H19N3O4S3. The Hall–Kier alpha value is -2.01. The second kappa shape index (κ2) is 7.93. The number of nitrogens with one attached hydrogen (secondary N) is 1. The number of esters is 1. The van der Waals surface area contributed by atoms with Crippen LogP contribution in [0.25, 0.3) is 0 Å². The molecule has 1 unspecified atom stereocenters. The van der Waals surface area contributed by atoms with Crippen LogP contribution in [0.4, 0.5) is 0 Å². The molecular weight excluding hydrogens is 406 g/mol. The smallest absolute Gasteiger partial charge is 0.349 e. The normalized spacial score (nSPS) is 12.9. The van der Waals surface area contributed by atoms with Crippen molar-refractivity contribution in [1.82, 2.24) is 14.5 Å². The number of aromatic nitrogens is 2. The first-order valence-electron chi connectivity index (χ1n) is 8.05. The number of aryl methyl sites for hydroxylation is 2. The molecule has 0 aliphatic rings. The van der Waals surface area contributed by atoms with Gasteiger partial charge in [0.05, 0.1) is 18.8 Å². The molecule has 10 heteroatoms. The van der Waals surface area contributed by atoms with Crippen LogP contribution in [-0.4, -0.2) is 37.8 Å². The minimum absolute atomic E-state index is 0.0591.